The molecule has 0 unspecified atom stereocenters. The first kappa shape index (κ1) is 16.0. The number of nitriles is 1. The minimum Gasteiger partial charge on any atom is -0.324 e. The van der Waals surface area contributed by atoms with E-state index in [9.17, 15) is 4.79 Å². The quantitative estimate of drug-likeness (QED) is 0.766. The van der Waals surface area contributed by atoms with Crippen LogP contribution in [0, 0.1) is 11.3 Å². The summed E-state index contributed by atoms with van der Waals surface area (Å²) in [6, 6.07) is 8.95. The number of hydrogen-bond donors (Lipinski definition) is 2. The molecule has 2 N–H and O–H groups in total. The number of aryl methyl sites for hydroxylation is 1. The lowest BCUT2D eigenvalue weighted by atomic mass is 10.2. The molecule has 114 valence electrons. The highest BCUT2D eigenvalue weighted by molar-refractivity contribution is 7.99. The predicted octanol–water partition coefficient (Wildman–Crippen LogP) is 2.75. The molecular weight excluding hydrogens is 298 g/mol. The lowest BCUT2D eigenvalue weighted by Gasteiger charge is -2.05. The first-order valence-electron chi connectivity index (χ1n) is 7.06. The lowest BCUT2D eigenvalue weighted by Crippen LogP contribution is -2.15. The topological polar surface area (TPSA) is 94.5 Å². The van der Waals surface area contributed by atoms with E-state index < -0.39 is 0 Å². The van der Waals surface area contributed by atoms with Gasteiger partial charge >= 0.3 is 0 Å². The number of thioether (sulfide) groups is 1. The van der Waals surface area contributed by atoms with Gasteiger partial charge in [0.15, 0.2) is 0 Å². The maximum absolute atomic E-state index is 11.9. The van der Waals surface area contributed by atoms with Gasteiger partial charge in [-0.05, 0) is 18.6 Å². The Morgan fingerprint density at radius 3 is 3.05 bits per heavy atom. The third kappa shape index (κ3) is 4.60. The Kier molecular flexibility index (Phi) is 5.98. The number of H-pyrrole nitrogens is 1. The first-order chi connectivity index (χ1) is 10.7. The summed E-state index contributed by atoms with van der Waals surface area (Å²) in [4.78, 5) is 16.3. The zero-order valence-corrected chi connectivity index (χ0v) is 13.1. The Bertz CT molecular complexity index is 677. The number of hydrogen-bond acceptors (Lipinski definition) is 5. The second-order valence-electron chi connectivity index (χ2n) is 4.66. The maximum Gasteiger partial charge on any atom is 0.234 e. The third-order valence-electron chi connectivity index (χ3n) is 2.93. The van der Waals surface area contributed by atoms with Crippen molar-refractivity contribution in [1.82, 2.24) is 15.2 Å². The van der Waals surface area contributed by atoms with Crippen molar-refractivity contribution in [2.24, 2.45) is 0 Å². The van der Waals surface area contributed by atoms with Crippen molar-refractivity contribution in [2.45, 2.75) is 31.3 Å². The Morgan fingerprint density at radius 1 is 1.45 bits per heavy atom. The summed E-state index contributed by atoms with van der Waals surface area (Å²) in [5, 5.41) is 19.2. The van der Waals surface area contributed by atoms with Crippen LogP contribution in [0.4, 0.5) is 5.69 Å². The van der Waals surface area contributed by atoms with Crippen LogP contribution >= 0.6 is 11.8 Å². The number of unbranched alkanes of at least 4 members (excludes halogenated alkanes) is 1. The van der Waals surface area contributed by atoms with Gasteiger partial charge in [-0.2, -0.15) is 5.26 Å². The van der Waals surface area contributed by atoms with E-state index in [1.54, 1.807) is 24.3 Å². The molecule has 1 aromatic carbocycles. The van der Waals surface area contributed by atoms with E-state index >= 15 is 0 Å². The number of para-hydroxylation sites is 1. The van der Waals surface area contributed by atoms with Crippen LogP contribution in [0.3, 0.4) is 0 Å². The zero-order valence-electron chi connectivity index (χ0n) is 12.3. The van der Waals surface area contributed by atoms with E-state index in [1.807, 2.05) is 6.07 Å². The normalized spacial score (nSPS) is 10.2. The van der Waals surface area contributed by atoms with Gasteiger partial charge in [-0.3, -0.25) is 9.89 Å². The van der Waals surface area contributed by atoms with Crippen molar-refractivity contribution < 1.29 is 4.79 Å². The van der Waals surface area contributed by atoms with Crippen molar-refractivity contribution in [1.29, 1.82) is 5.26 Å². The Labute approximate surface area is 133 Å². The van der Waals surface area contributed by atoms with Gasteiger partial charge in [0, 0.05) is 6.42 Å². The molecule has 0 aliphatic heterocycles. The molecule has 0 aliphatic rings. The van der Waals surface area contributed by atoms with Crippen molar-refractivity contribution in [3.05, 3.63) is 35.7 Å². The van der Waals surface area contributed by atoms with Crippen molar-refractivity contribution in [3.8, 4) is 6.07 Å². The number of carbonyl (C=O) groups is 1. The van der Waals surface area contributed by atoms with Crippen LogP contribution in [0.1, 0.15) is 31.2 Å². The molecule has 0 saturated heterocycles. The number of nitrogens with zero attached hydrogens (tertiary/aromatic N) is 3. The highest BCUT2D eigenvalue weighted by Crippen LogP contribution is 2.16. The van der Waals surface area contributed by atoms with Crippen molar-refractivity contribution >= 4 is 23.4 Å². The monoisotopic (exact) mass is 315 g/mol. The number of aromatic nitrogens is 3. The average Bonchev–Trinajstić information content (AvgIpc) is 2.99. The van der Waals surface area contributed by atoms with Crippen molar-refractivity contribution in [2.75, 3.05) is 11.1 Å². The van der Waals surface area contributed by atoms with Gasteiger partial charge in [0.05, 0.1) is 17.0 Å². The highest BCUT2D eigenvalue weighted by atomic mass is 32.2. The highest BCUT2D eigenvalue weighted by Gasteiger charge is 2.09. The Balaban J connectivity index is 1.85. The molecule has 0 bridgehead atoms. The molecular formula is C15H17N5OS. The minimum atomic E-state index is -0.187. The van der Waals surface area contributed by atoms with Crippen LogP contribution in [0.15, 0.2) is 29.4 Å². The Hall–Kier alpha value is -2.33. The summed E-state index contributed by atoms with van der Waals surface area (Å²) in [6.45, 7) is 2.12. The van der Waals surface area contributed by atoms with Crippen LogP contribution in [0.2, 0.25) is 0 Å². The molecule has 0 saturated carbocycles. The number of anilines is 1. The van der Waals surface area contributed by atoms with Crippen LogP contribution in [-0.2, 0) is 11.2 Å². The fourth-order valence-corrected chi connectivity index (χ4v) is 2.42. The smallest absolute Gasteiger partial charge is 0.234 e. The van der Waals surface area contributed by atoms with Gasteiger partial charge in [-0.25, -0.2) is 4.98 Å². The lowest BCUT2D eigenvalue weighted by molar-refractivity contribution is -0.113. The van der Waals surface area contributed by atoms with E-state index in [0.29, 0.717) is 16.4 Å². The van der Waals surface area contributed by atoms with Crippen molar-refractivity contribution in [3.63, 3.8) is 0 Å². The molecule has 0 fully saturated rings. The molecule has 0 radical (unpaired) electrons. The van der Waals surface area contributed by atoms with Gasteiger partial charge in [-0.1, -0.05) is 37.2 Å². The molecule has 0 spiro atoms. The zero-order chi connectivity index (χ0) is 15.8. The molecule has 1 aromatic heterocycles. The largest absolute Gasteiger partial charge is 0.324 e. The fourth-order valence-electron chi connectivity index (χ4n) is 1.80. The number of carbonyl (C=O) groups excluding carboxylic acids is 1. The molecule has 1 heterocycles. The molecule has 2 rings (SSSR count). The number of nitrogens with one attached hydrogen (secondary N) is 2. The van der Waals surface area contributed by atoms with E-state index in [4.69, 9.17) is 5.26 Å². The Morgan fingerprint density at radius 2 is 2.27 bits per heavy atom. The summed E-state index contributed by atoms with van der Waals surface area (Å²) in [5.41, 5.74) is 0.967. The molecule has 0 atom stereocenters. The summed E-state index contributed by atoms with van der Waals surface area (Å²) in [5.74, 6) is 0.859. The van der Waals surface area contributed by atoms with Crippen LogP contribution < -0.4 is 5.32 Å². The number of rotatable bonds is 7. The van der Waals surface area contributed by atoms with Gasteiger partial charge in [0.25, 0.3) is 0 Å². The van der Waals surface area contributed by atoms with E-state index in [0.717, 1.165) is 25.1 Å². The van der Waals surface area contributed by atoms with E-state index in [-0.39, 0.29) is 11.7 Å². The molecule has 0 aliphatic carbocycles. The molecule has 2 aromatic rings. The number of amides is 1. The third-order valence-corrected chi connectivity index (χ3v) is 3.78. The van der Waals surface area contributed by atoms with Gasteiger partial charge in [0.2, 0.25) is 11.1 Å². The summed E-state index contributed by atoms with van der Waals surface area (Å²) in [7, 11) is 0. The maximum atomic E-state index is 11.9. The van der Waals surface area contributed by atoms with Crippen LogP contribution in [0.25, 0.3) is 0 Å². The van der Waals surface area contributed by atoms with Gasteiger partial charge in [0.1, 0.15) is 11.9 Å². The standard InChI is InChI=1S/C15H17N5OS/c1-2-3-8-13-18-15(20-19-13)22-10-14(21)17-12-7-5-4-6-11(12)9-16/h4-7H,2-3,8,10H2,1H3,(H,17,21)(H,18,19,20). The number of aromatic amines is 1. The second kappa shape index (κ2) is 8.20. The van der Waals surface area contributed by atoms with Gasteiger partial charge in [-0.15, -0.1) is 5.10 Å². The summed E-state index contributed by atoms with van der Waals surface area (Å²) < 4.78 is 0. The SMILES string of the molecule is CCCCc1nc(SCC(=O)Nc2ccccc2C#N)n[nH]1. The molecule has 7 heteroatoms. The molecule has 1 amide bonds. The number of benzene rings is 1. The van der Waals surface area contributed by atoms with E-state index in [1.165, 1.54) is 11.8 Å². The predicted molar refractivity (Wildman–Crippen MR) is 85.5 cm³/mol. The van der Waals surface area contributed by atoms with Crippen LogP contribution in [0.5, 0.6) is 0 Å². The average molecular weight is 315 g/mol. The first-order valence-corrected chi connectivity index (χ1v) is 8.04. The second-order valence-corrected chi connectivity index (χ2v) is 5.60. The summed E-state index contributed by atoms with van der Waals surface area (Å²) >= 11 is 1.27. The van der Waals surface area contributed by atoms with E-state index in [2.05, 4.69) is 27.4 Å². The van der Waals surface area contributed by atoms with Gasteiger partial charge < -0.3 is 5.32 Å². The minimum absolute atomic E-state index is 0.187. The fraction of sp³-hybridized carbons (Fsp3) is 0.333. The summed E-state index contributed by atoms with van der Waals surface area (Å²) in [6.07, 6.45) is 3.03. The molecule has 22 heavy (non-hydrogen) atoms. The molecule has 6 nitrogen and oxygen atoms in total. The van der Waals surface area contributed by atoms with Crippen LogP contribution in [-0.4, -0.2) is 26.8 Å².